The van der Waals surface area contributed by atoms with E-state index in [1.165, 1.54) is 21.8 Å². The van der Waals surface area contributed by atoms with Gasteiger partial charge in [-0.15, -0.1) is 0 Å². The van der Waals surface area contributed by atoms with E-state index in [2.05, 4.69) is 64.2 Å². The van der Waals surface area contributed by atoms with Crippen molar-refractivity contribution in [1.82, 2.24) is 14.4 Å². The Morgan fingerprint density at radius 2 is 1.78 bits per heavy atom. The van der Waals surface area contributed by atoms with Gasteiger partial charge in [0.05, 0.1) is 23.9 Å². The molecule has 2 amide bonds. The van der Waals surface area contributed by atoms with Gasteiger partial charge in [-0.25, -0.2) is 4.79 Å². The van der Waals surface area contributed by atoms with Crippen molar-refractivity contribution in [2.24, 2.45) is 0 Å². The summed E-state index contributed by atoms with van der Waals surface area (Å²) in [7, 11) is 0. The Morgan fingerprint density at radius 1 is 1.00 bits per heavy atom. The van der Waals surface area contributed by atoms with E-state index in [9.17, 15) is 4.79 Å². The van der Waals surface area contributed by atoms with E-state index in [1.807, 2.05) is 4.90 Å². The third-order valence-corrected chi connectivity index (χ3v) is 7.54. The van der Waals surface area contributed by atoms with Gasteiger partial charge in [0, 0.05) is 66.1 Å². The normalized spacial score (nSPS) is 14.4. The van der Waals surface area contributed by atoms with Crippen molar-refractivity contribution in [3.63, 3.8) is 0 Å². The number of nitrogens with zero attached hydrogens (tertiary/aromatic N) is 3. The molecule has 0 spiro atoms. The van der Waals surface area contributed by atoms with E-state index in [0.29, 0.717) is 28.8 Å². The molecule has 1 aliphatic rings. The first-order chi connectivity index (χ1) is 18.0. The third-order valence-electron chi connectivity index (χ3n) is 6.99. The first kappa shape index (κ1) is 25.9. The summed E-state index contributed by atoms with van der Waals surface area (Å²) in [5.74, 6) is 0. The van der Waals surface area contributed by atoms with E-state index in [0.717, 1.165) is 51.4 Å². The fourth-order valence-corrected chi connectivity index (χ4v) is 5.56. The molecule has 5 rings (SSSR count). The molecule has 1 fully saturated rings. The number of urea groups is 1. The van der Waals surface area contributed by atoms with Crippen molar-refractivity contribution in [2.45, 2.75) is 26.4 Å². The number of ether oxygens (including phenoxy) is 1. The number of aromatic nitrogens is 1. The molecule has 4 aromatic rings. The van der Waals surface area contributed by atoms with Crippen LogP contribution in [-0.2, 0) is 17.8 Å². The van der Waals surface area contributed by atoms with E-state index >= 15 is 0 Å². The minimum absolute atomic E-state index is 0.178. The van der Waals surface area contributed by atoms with Crippen LogP contribution >= 0.6 is 23.2 Å². The zero-order valence-electron chi connectivity index (χ0n) is 21.1. The Balaban J connectivity index is 1.38. The maximum Gasteiger partial charge on any atom is 0.322 e. The van der Waals surface area contributed by atoms with E-state index in [4.69, 9.17) is 27.9 Å². The molecule has 0 atom stereocenters. The number of fused-ring (bicyclic) bond motifs is 3. The second kappa shape index (κ2) is 11.7. The Labute approximate surface area is 227 Å². The number of benzene rings is 3. The number of nitrogens with one attached hydrogen (secondary N) is 1. The fourth-order valence-electron chi connectivity index (χ4n) is 5.11. The van der Waals surface area contributed by atoms with Crippen molar-refractivity contribution < 1.29 is 9.53 Å². The van der Waals surface area contributed by atoms with Crippen LogP contribution < -0.4 is 5.32 Å². The Hall–Kier alpha value is -2.77. The zero-order valence-corrected chi connectivity index (χ0v) is 22.6. The average Bonchev–Trinajstić information content (AvgIpc) is 3.23. The summed E-state index contributed by atoms with van der Waals surface area (Å²) >= 11 is 12.4. The van der Waals surface area contributed by atoms with Crippen LogP contribution in [0.15, 0.2) is 60.7 Å². The third kappa shape index (κ3) is 5.88. The number of anilines is 1. The van der Waals surface area contributed by atoms with Crippen LogP contribution in [-0.4, -0.2) is 59.8 Å². The summed E-state index contributed by atoms with van der Waals surface area (Å²) in [4.78, 5) is 17.7. The van der Waals surface area contributed by atoms with E-state index < -0.39 is 0 Å². The van der Waals surface area contributed by atoms with Crippen LogP contribution in [0.5, 0.6) is 0 Å². The summed E-state index contributed by atoms with van der Waals surface area (Å²) in [6.45, 7) is 8.54. The van der Waals surface area contributed by atoms with Gasteiger partial charge in [0.25, 0.3) is 0 Å². The van der Waals surface area contributed by atoms with Gasteiger partial charge in [0.15, 0.2) is 0 Å². The lowest BCUT2D eigenvalue weighted by molar-refractivity contribution is 0.0365. The van der Waals surface area contributed by atoms with Gasteiger partial charge >= 0.3 is 6.03 Å². The maximum atomic E-state index is 13.4. The average molecular weight is 540 g/mol. The van der Waals surface area contributed by atoms with Crippen molar-refractivity contribution in [1.29, 1.82) is 0 Å². The monoisotopic (exact) mass is 538 g/mol. The molecule has 37 heavy (non-hydrogen) atoms. The number of hydrogen-bond donors (Lipinski definition) is 1. The van der Waals surface area contributed by atoms with Crippen molar-refractivity contribution in [3.8, 4) is 0 Å². The van der Waals surface area contributed by atoms with Crippen molar-refractivity contribution in [2.75, 3.05) is 44.7 Å². The lowest BCUT2D eigenvalue weighted by Crippen LogP contribution is -2.40. The minimum Gasteiger partial charge on any atom is -0.379 e. The summed E-state index contributed by atoms with van der Waals surface area (Å²) in [6.07, 6.45) is 0.874. The number of halogens is 2. The molecule has 0 saturated carbocycles. The first-order valence-electron chi connectivity index (χ1n) is 12.8. The quantitative estimate of drug-likeness (QED) is 0.266. The van der Waals surface area contributed by atoms with E-state index in [-0.39, 0.29) is 6.03 Å². The van der Waals surface area contributed by atoms with Gasteiger partial charge in [-0.05, 0) is 55.3 Å². The summed E-state index contributed by atoms with van der Waals surface area (Å²) in [5.41, 5.74) is 4.09. The highest BCUT2D eigenvalue weighted by Gasteiger charge is 2.18. The molecule has 3 aromatic carbocycles. The van der Waals surface area contributed by atoms with Crippen molar-refractivity contribution in [3.05, 3.63) is 76.3 Å². The SMILES string of the molecule is CCn1c2ccccc2c2cc(CN(CCCN3CCOCC3)C(=O)Nc3ccc(Cl)cc3Cl)ccc21. The molecule has 0 bridgehead atoms. The van der Waals surface area contributed by atoms with Gasteiger partial charge in [0.2, 0.25) is 0 Å². The summed E-state index contributed by atoms with van der Waals surface area (Å²) in [5, 5.41) is 6.38. The van der Waals surface area contributed by atoms with Crippen molar-refractivity contribution >= 4 is 56.7 Å². The molecule has 8 heteroatoms. The molecular weight excluding hydrogens is 507 g/mol. The topological polar surface area (TPSA) is 49.7 Å². The summed E-state index contributed by atoms with van der Waals surface area (Å²) in [6, 6.07) is 19.9. The van der Waals surface area contributed by atoms with Gasteiger partial charge in [-0.2, -0.15) is 0 Å². The smallest absolute Gasteiger partial charge is 0.322 e. The molecule has 1 aromatic heterocycles. The highest BCUT2D eigenvalue weighted by molar-refractivity contribution is 6.36. The van der Waals surface area contributed by atoms with E-state index in [1.54, 1.807) is 18.2 Å². The molecule has 2 heterocycles. The van der Waals surface area contributed by atoms with Gasteiger partial charge in [0.1, 0.15) is 0 Å². The Kier molecular flexibility index (Phi) is 8.20. The lowest BCUT2D eigenvalue weighted by Gasteiger charge is -2.28. The number of aryl methyl sites for hydroxylation is 1. The molecule has 0 aliphatic carbocycles. The number of amides is 2. The fraction of sp³-hybridized carbons (Fsp3) is 0.345. The summed E-state index contributed by atoms with van der Waals surface area (Å²) < 4.78 is 7.80. The molecule has 194 valence electrons. The van der Waals surface area contributed by atoms with Crippen LogP contribution in [0.3, 0.4) is 0 Å². The van der Waals surface area contributed by atoms with Crippen LogP contribution in [0, 0.1) is 0 Å². The Bertz CT molecular complexity index is 1400. The molecule has 0 radical (unpaired) electrons. The second-order valence-electron chi connectivity index (χ2n) is 9.40. The largest absolute Gasteiger partial charge is 0.379 e. The van der Waals surface area contributed by atoms with Gasteiger partial charge in [-0.1, -0.05) is 47.5 Å². The highest BCUT2D eigenvalue weighted by atomic mass is 35.5. The number of para-hydroxylation sites is 1. The number of hydrogen-bond acceptors (Lipinski definition) is 3. The highest BCUT2D eigenvalue weighted by Crippen LogP contribution is 2.30. The molecular formula is C29H32Cl2N4O2. The minimum atomic E-state index is -0.178. The standard InChI is InChI=1S/C29H32Cl2N4O2/c1-2-35-27-7-4-3-6-23(27)24-18-21(8-11-28(24)35)20-34(13-5-12-33-14-16-37-17-15-33)29(36)32-26-10-9-22(30)19-25(26)31/h3-4,6-11,18-19H,2,5,12-17,20H2,1H3,(H,32,36). The number of morpholine rings is 1. The molecule has 0 unspecified atom stereocenters. The van der Waals surface area contributed by atoms with Gasteiger partial charge in [-0.3, -0.25) is 4.90 Å². The predicted molar refractivity (Wildman–Crippen MR) is 153 cm³/mol. The molecule has 1 saturated heterocycles. The number of carbonyl (C=O) groups excluding carboxylic acids is 1. The van der Waals surface area contributed by atoms with Crippen LogP contribution in [0.1, 0.15) is 18.9 Å². The molecule has 1 aliphatic heterocycles. The van der Waals surface area contributed by atoms with Crippen LogP contribution in [0.25, 0.3) is 21.8 Å². The Morgan fingerprint density at radius 3 is 2.57 bits per heavy atom. The predicted octanol–water partition coefficient (Wildman–Crippen LogP) is 6.88. The van der Waals surface area contributed by atoms with Crippen LogP contribution in [0.2, 0.25) is 10.0 Å². The van der Waals surface area contributed by atoms with Gasteiger partial charge < -0.3 is 19.5 Å². The number of rotatable bonds is 8. The van der Waals surface area contributed by atoms with Crippen LogP contribution in [0.4, 0.5) is 10.5 Å². The maximum absolute atomic E-state index is 13.4. The second-order valence-corrected chi connectivity index (χ2v) is 10.2. The number of carbonyl (C=O) groups is 1. The lowest BCUT2D eigenvalue weighted by atomic mass is 10.1. The molecule has 6 nitrogen and oxygen atoms in total. The first-order valence-corrected chi connectivity index (χ1v) is 13.6. The molecule has 1 N–H and O–H groups in total. The zero-order chi connectivity index (χ0) is 25.8.